The maximum atomic E-state index is 12.6. The summed E-state index contributed by atoms with van der Waals surface area (Å²) < 4.78 is 5.31. The molecule has 0 bridgehead atoms. The topological polar surface area (TPSA) is 58.6 Å². The van der Waals surface area contributed by atoms with E-state index in [0.29, 0.717) is 18.7 Å². The van der Waals surface area contributed by atoms with Crippen LogP contribution in [0.4, 0.5) is 0 Å². The van der Waals surface area contributed by atoms with Gasteiger partial charge in [-0.1, -0.05) is 30.2 Å². The number of phenolic OH excluding ortho intramolecular Hbond substituents is 1. The van der Waals surface area contributed by atoms with E-state index >= 15 is 0 Å². The Bertz CT molecular complexity index is 765. The number of aromatic hydroxyl groups is 1. The predicted octanol–water partition coefficient (Wildman–Crippen LogP) is 3.91. The van der Waals surface area contributed by atoms with Gasteiger partial charge in [-0.3, -0.25) is 4.79 Å². The normalized spacial score (nSPS) is 15.4. The average molecular weight is 339 g/mol. The first-order valence-electron chi connectivity index (χ1n) is 8.70. The molecule has 0 aliphatic heterocycles. The van der Waals surface area contributed by atoms with E-state index in [0.717, 1.165) is 29.5 Å². The Morgan fingerprint density at radius 2 is 2.04 bits per heavy atom. The number of rotatable bonds is 6. The number of phenols is 1. The second-order valence-corrected chi connectivity index (χ2v) is 7.07. The number of ether oxygens (including phenoxy) is 1. The lowest BCUT2D eigenvalue weighted by Gasteiger charge is -2.41. The Hall–Kier alpha value is -2.33. The smallest absolute Gasteiger partial charge is 0.251 e. The molecular weight excluding hydrogens is 314 g/mol. The number of nitrogens with one attached hydrogen (secondary N) is 1. The summed E-state index contributed by atoms with van der Waals surface area (Å²) in [6, 6.07) is 12.9. The van der Waals surface area contributed by atoms with Gasteiger partial charge in [0.1, 0.15) is 5.75 Å². The third-order valence-electron chi connectivity index (χ3n) is 5.08. The van der Waals surface area contributed by atoms with Crippen LogP contribution in [-0.4, -0.2) is 31.3 Å². The molecule has 1 aliphatic carbocycles. The van der Waals surface area contributed by atoms with E-state index in [1.807, 2.05) is 37.3 Å². The Kier molecular flexibility index (Phi) is 5.09. The Balaban J connectivity index is 1.75. The zero-order chi connectivity index (χ0) is 17.9. The molecule has 2 aromatic carbocycles. The van der Waals surface area contributed by atoms with Crippen molar-refractivity contribution < 1.29 is 14.6 Å². The van der Waals surface area contributed by atoms with Crippen molar-refractivity contribution in [1.29, 1.82) is 0 Å². The molecule has 1 fully saturated rings. The van der Waals surface area contributed by atoms with Crippen LogP contribution >= 0.6 is 0 Å². The van der Waals surface area contributed by atoms with E-state index in [4.69, 9.17) is 4.74 Å². The molecule has 0 spiro atoms. The van der Waals surface area contributed by atoms with Gasteiger partial charge in [-0.05, 0) is 49.6 Å². The van der Waals surface area contributed by atoms with Crippen LogP contribution in [0.5, 0.6) is 5.75 Å². The molecule has 0 unspecified atom stereocenters. The summed E-state index contributed by atoms with van der Waals surface area (Å²) >= 11 is 0. The number of amides is 1. The first-order valence-corrected chi connectivity index (χ1v) is 8.70. The number of carbonyl (C=O) groups excluding carboxylic acids is 1. The van der Waals surface area contributed by atoms with Crippen molar-refractivity contribution in [3.63, 3.8) is 0 Å². The molecule has 0 atom stereocenters. The first kappa shape index (κ1) is 17.5. The second-order valence-electron chi connectivity index (χ2n) is 7.07. The van der Waals surface area contributed by atoms with Crippen LogP contribution in [0.2, 0.25) is 0 Å². The number of hydrogen-bond donors (Lipinski definition) is 2. The largest absolute Gasteiger partial charge is 0.507 e. The van der Waals surface area contributed by atoms with Crippen molar-refractivity contribution in [3.05, 3.63) is 53.6 Å². The summed E-state index contributed by atoms with van der Waals surface area (Å²) in [7, 11) is 1.71. The summed E-state index contributed by atoms with van der Waals surface area (Å²) in [6.45, 7) is 3.30. The molecule has 25 heavy (non-hydrogen) atoms. The molecule has 0 heterocycles. The van der Waals surface area contributed by atoms with Crippen molar-refractivity contribution >= 4 is 5.91 Å². The number of carbonyl (C=O) groups is 1. The minimum Gasteiger partial charge on any atom is -0.507 e. The van der Waals surface area contributed by atoms with E-state index in [1.54, 1.807) is 19.2 Å². The zero-order valence-corrected chi connectivity index (χ0v) is 14.8. The molecule has 1 aliphatic rings. The van der Waals surface area contributed by atoms with Gasteiger partial charge >= 0.3 is 0 Å². The lowest BCUT2D eigenvalue weighted by atomic mass is 9.69. The summed E-state index contributed by atoms with van der Waals surface area (Å²) in [4.78, 5) is 12.6. The van der Waals surface area contributed by atoms with Gasteiger partial charge in [0.15, 0.2) is 0 Å². The van der Waals surface area contributed by atoms with E-state index in [9.17, 15) is 9.90 Å². The molecule has 132 valence electrons. The van der Waals surface area contributed by atoms with Gasteiger partial charge in [0, 0.05) is 30.2 Å². The molecule has 2 aromatic rings. The molecule has 0 aromatic heterocycles. The van der Waals surface area contributed by atoms with Gasteiger partial charge in [-0.15, -0.1) is 0 Å². The second kappa shape index (κ2) is 7.28. The highest BCUT2D eigenvalue weighted by molar-refractivity contribution is 5.95. The maximum absolute atomic E-state index is 12.6. The van der Waals surface area contributed by atoms with Crippen molar-refractivity contribution in [2.75, 3.05) is 20.3 Å². The number of benzene rings is 2. The highest BCUT2D eigenvalue weighted by Crippen LogP contribution is 2.40. The number of aryl methyl sites for hydroxylation is 1. The van der Waals surface area contributed by atoms with Crippen LogP contribution in [0.25, 0.3) is 11.1 Å². The fourth-order valence-electron chi connectivity index (χ4n) is 3.43. The maximum Gasteiger partial charge on any atom is 0.251 e. The SMILES string of the molecule is COCC1(CNC(=O)c2cccc(-c3cc(C)ccc3O)c2)CCC1. The molecular formula is C21H25NO3. The molecule has 4 nitrogen and oxygen atoms in total. The first-order chi connectivity index (χ1) is 12.0. The quantitative estimate of drug-likeness (QED) is 0.839. The van der Waals surface area contributed by atoms with Gasteiger partial charge in [0.2, 0.25) is 0 Å². The van der Waals surface area contributed by atoms with E-state index in [1.165, 1.54) is 6.42 Å². The van der Waals surface area contributed by atoms with Crippen LogP contribution in [0, 0.1) is 12.3 Å². The van der Waals surface area contributed by atoms with Crippen LogP contribution in [-0.2, 0) is 4.74 Å². The molecule has 1 saturated carbocycles. The molecule has 3 rings (SSSR count). The molecule has 4 heteroatoms. The fourth-order valence-corrected chi connectivity index (χ4v) is 3.43. The third-order valence-corrected chi connectivity index (χ3v) is 5.08. The Morgan fingerprint density at radius 1 is 1.24 bits per heavy atom. The Morgan fingerprint density at radius 3 is 2.72 bits per heavy atom. The van der Waals surface area contributed by atoms with Crippen molar-refractivity contribution in [3.8, 4) is 16.9 Å². The lowest BCUT2D eigenvalue weighted by molar-refractivity contribution is 0.0180. The molecule has 0 saturated heterocycles. The van der Waals surface area contributed by atoms with Crippen molar-refractivity contribution in [2.24, 2.45) is 5.41 Å². The van der Waals surface area contributed by atoms with Gasteiger partial charge < -0.3 is 15.2 Å². The minimum atomic E-state index is -0.0867. The number of methoxy groups -OCH3 is 1. The van der Waals surface area contributed by atoms with Crippen LogP contribution < -0.4 is 5.32 Å². The monoisotopic (exact) mass is 339 g/mol. The number of hydrogen-bond acceptors (Lipinski definition) is 3. The van der Waals surface area contributed by atoms with Gasteiger partial charge in [0.25, 0.3) is 5.91 Å². The summed E-state index contributed by atoms with van der Waals surface area (Å²) in [6.07, 6.45) is 3.39. The van der Waals surface area contributed by atoms with E-state index in [2.05, 4.69) is 5.32 Å². The van der Waals surface area contributed by atoms with Crippen molar-refractivity contribution in [1.82, 2.24) is 5.32 Å². The summed E-state index contributed by atoms with van der Waals surface area (Å²) in [5.74, 6) is 0.132. The average Bonchev–Trinajstić information content (AvgIpc) is 2.59. The van der Waals surface area contributed by atoms with Crippen molar-refractivity contribution in [2.45, 2.75) is 26.2 Å². The van der Waals surface area contributed by atoms with Gasteiger partial charge in [-0.25, -0.2) is 0 Å². The molecule has 1 amide bonds. The standard InChI is InChI=1S/C21H25NO3/c1-15-7-8-19(23)18(11-15)16-5-3-6-17(12-16)20(24)22-13-21(14-25-2)9-4-10-21/h3,5-8,11-12,23H,4,9-10,13-14H2,1-2H3,(H,22,24). The van der Waals surface area contributed by atoms with Crippen LogP contribution in [0.15, 0.2) is 42.5 Å². The third kappa shape index (κ3) is 3.85. The van der Waals surface area contributed by atoms with E-state index in [-0.39, 0.29) is 17.1 Å². The van der Waals surface area contributed by atoms with Gasteiger partial charge in [-0.2, -0.15) is 0 Å². The predicted molar refractivity (Wildman–Crippen MR) is 98.8 cm³/mol. The molecule has 2 N–H and O–H groups in total. The summed E-state index contributed by atoms with van der Waals surface area (Å²) in [5, 5.41) is 13.2. The summed E-state index contributed by atoms with van der Waals surface area (Å²) in [5.41, 5.74) is 3.34. The Labute approximate surface area is 148 Å². The minimum absolute atomic E-state index is 0.0867. The van der Waals surface area contributed by atoms with Crippen LogP contribution in [0.3, 0.4) is 0 Å². The lowest BCUT2D eigenvalue weighted by Crippen LogP contribution is -2.45. The van der Waals surface area contributed by atoms with Gasteiger partial charge in [0.05, 0.1) is 6.61 Å². The zero-order valence-electron chi connectivity index (χ0n) is 14.8. The fraction of sp³-hybridized carbons (Fsp3) is 0.381. The highest BCUT2D eigenvalue weighted by Gasteiger charge is 2.37. The van der Waals surface area contributed by atoms with Crippen LogP contribution in [0.1, 0.15) is 35.2 Å². The molecule has 0 radical (unpaired) electrons. The highest BCUT2D eigenvalue weighted by atomic mass is 16.5. The van der Waals surface area contributed by atoms with E-state index < -0.39 is 0 Å².